The first kappa shape index (κ1) is 17.9. The van der Waals surface area contributed by atoms with Gasteiger partial charge in [0, 0.05) is 32.1 Å². The van der Waals surface area contributed by atoms with E-state index in [1.54, 1.807) is 7.11 Å². The number of guanidine groups is 1. The van der Waals surface area contributed by atoms with Crippen molar-refractivity contribution >= 4 is 27.4 Å². The SMILES string of the molecule is COCCCNc1ccc(C(=O)NC(=N)N)cc1S(C)(=O)=O. The molecule has 0 aliphatic rings. The van der Waals surface area contributed by atoms with Crippen molar-refractivity contribution in [2.24, 2.45) is 5.73 Å². The van der Waals surface area contributed by atoms with Gasteiger partial charge in [-0.3, -0.25) is 15.5 Å². The number of hydrogen-bond acceptors (Lipinski definition) is 6. The highest BCUT2D eigenvalue weighted by Crippen LogP contribution is 2.23. The molecule has 0 bridgehead atoms. The number of ether oxygens (including phenoxy) is 1. The molecule has 1 rings (SSSR count). The summed E-state index contributed by atoms with van der Waals surface area (Å²) in [7, 11) is -1.93. The van der Waals surface area contributed by atoms with E-state index in [1.165, 1.54) is 18.2 Å². The highest BCUT2D eigenvalue weighted by Gasteiger charge is 2.17. The molecule has 0 spiro atoms. The zero-order chi connectivity index (χ0) is 16.8. The molecule has 0 saturated carbocycles. The molecule has 122 valence electrons. The molecule has 22 heavy (non-hydrogen) atoms. The van der Waals surface area contributed by atoms with Crippen LogP contribution in [0, 0.1) is 5.41 Å². The molecule has 0 atom stereocenters. The lowest BCUT2D eigenvalue weighted by Gasteiger charge is -2.12. The topological polar surface area (TPSA) is 134 Å². The molecule has 1 aromatic carbocycles. The highest BCUT2D eigenvalue weighted by molar-refractivity contribution is 7.90. The Morgan fingerprint density at radius 3 is 2.64 bits per heavy atom. The van der Waals surface area contributed by atoms with Gasteiger partial charge in [0.1, 0.15) is 0 Å². The quantitative estimate of drug-likeness (QED) is 0.320. The smallest absolute Gasteiger partial charge is 0.257 e. The van der Waals surface area contributed by atoms with Crippen LogP contribution in [0.2, 0.25) is 0 Å². The summed E-state index contributed by atoms with van der Waals surface area (Å²) in [5, 5.41) is 12.1. The summed E-state index contributed by atoms with van der Waals surface area (Å²) in [6.07, 6.45) is 1.78. The van der Waals surface area contributed by atoms with Crippen LogP contribution in [0.4, 0.5) is 5.69 Å². The Kier molecular flexibility index (Phi) is 6.32. The molecule has 8 nitrogen and oxygen atoms in total. The Bertz CT molecular complexity index is 658. The minimum atomic E-state index is -3.52. The standard InChI is InChI=1S/C13H20N4O4S/c1-21-7-3-6-16-10-5-4-9(12(18)17-13(14)15)8-11(10)22(2,19)20/h4-5,8,16H,3,6-7H2,1-2H3,(H4,14,15,17,18). The number of rotatable bonds is 7. The van der Waals surface area contributed by atoms with Crippen LogP contribution in [0.5, 0.6) is 0 Å². The second-order valence-corrected chi connectivity index (χ2v) is 6.61. The van der Waals surface area contributed by atoms with Gasteiger partial charge in [-0.2, -0.15) is 0 Å². The maximum absolute atomic E-state index is 11.9. The van der Waals surface area contributed by atoms with Crippen LogP contribution < -0.4 is 16.4 Å². The third-order valence-electron chi connectivity index (χ3n) is 2.73. The average molecular weight is 328 g/mol. The molecule has 0 fully saturated rings. The van der Waals surface area contributed by atoms with Gasteiger partial charge in [-0.15, -0.1) is 0 Å². The molecule has 0 aliphatic carbocycles. The maximum Gasteiger partial charge on any atom is 0.257 e. The fraction of sp³-hybridized carbons (Fsp3) is 0.385. The predicted molar refractivity (Wildman–Crippen MR) is 83.9 cm³/mol. The van der Waals surface area contributed by atoms with E-state index < -0.39 is 21.7 Å². The van der Waals surface area contributed by atoms with Crippen LogP contribution in [0.25, 0.3) is 0 Å². The molecular formula is C13H20N4O4S. The summed E-state index contributed by atoms with van der Waals surface area (Å²) in [6.45, 7) is 1.09. The predicted octanol–water partition coefficient (Wildman–Crippen LogP) is 0.162. The Hall–Kier alpha value is -2.13. The van der Waals surface area contributed by atoms with Crippen molar-refractivity contribution < 1.29 is 17.9 Å². The normalized spacial score (nSPS) is 11.0. The number of methoxy groups -OCH3 is 1. The molecule has 0 radical (unpaired) electrons. The van der Waals surface area contributed by atoms with E-state index in [2.05, 4.69) is 10.6 Å². The third-order valence-corrected chi connectivity index (χ3v) is 3.87. The molecule has 0 aromatic heterocycles. The van der Waals surface area contributed by atoms with Crippen molar-refractivity contribution in [2.45, 2.75) is 11.3 Å². The van der Waals surface area contributed by atoms with E-state index >= 15 is 0 Å². The van der Waals surface area contributed by atoms with Gasteiger partial charge in [0.05, 0.1) is 10.6 Å². The van der Waals surface area contributed by atoms with E-state index in [9.17, 15) is 13.2 Å². The van der Waals surface area contributed by atoms with Crippen LogP contribution in [-0.2, 0) is 14.6 Å². The van der Waals surface area contributed by atoms with E-state index in [1.807, 2.05) is 0 Å². The molecule has 0 unspecified atom stereocenters. The number of carbonyl (C=O) groups is 1. The first-order valence-corrected chi connectivity index (χ1v) is 8.37. The maximum atomic E-state index is 11.9. The lowest BCUT2D eigenvalue weighted by atomic mass is 10.2. The fourth-order valence-electron chi connectivity index (χ4n) is 1.75. The average Bonchev–Trinajstić information content (AvgIpc) is 2.42. The minimum absolute atomic E-state index is 0.0149. The molecule has 0 saturated heterocycles. The van der Waals surface area contributed by atoms with Gasteiger partial charge in [-0.1, -0.05) is 0 Å². The number of carbonyl (C=O) groups excluding carboxylic acids is 1. The third kappa shape index (κ3) is 5.34. The molecule has 5 N–H and O–H groups in total. The van der Waals surface area contributed by atoms with E-state index in [-0.39, 0.29) is 10.5 Å². The van der Waals surface area contributed by atoms with Gasteiger partial charge < -0.3 is 15.8 Å². The van der Waals surface area contributed by atoms with Crippen LogP contribution >= 0.6 is 0 Å². The number of anilines is 1. The van der Waals surface area contributed by atoms with E-state index in [0.29, 0.717) is 25.3 Å². The number of sulfone groups is 1. The second kappa shape index (κ2) is 7.76. The minimum Gasteiger partial charge on any atom is -0.385 e. The Labute approximate surface area is 129 Å². The summed E-state index contributed by atoms with van der Waals surface area (Å²) in [5.41, 5.74) is 5.61. The molecule has 9 heteroatoms. The number of hydrogen-bond donors (Lipinski definition) is 4. The Balaban J connectivity index is 3.04. The molecule has 1 amide bonds. The molecule has 1 aromatic rings. The lowest BCUT2D eigenvalue weighted by molar-refractivity contribution is 0.0976. The first-order chi connectivity index (χ1) is 10.3. The summed E-state index contributed by atoms with van der Waals surface area (Å²) in [5.74, 6) is -1.14. The Morgan fingerprint density at radius 1 is 1.41 bits per heavy atom. The number of benzene rings is 1. The zero-order valence-corrected chi connectivity index (χ0v) is 13.3. The van der Waals surface area contributed by atoms with Crippen molar-refractivity contribution in [1.82, 2.24) is 5.32 Å². The van der Waals surface area contributed by atoms with Crippen LogP contribution in [0.3, 0.4) is 0 Å². The van der Waals surface area contributed by atoms with Gasteiger partial charge in [0.15, 0.2) is 15.8 Å². The van der Waals surface area contributed by atoms with E-state index in [0.717, 1.165) is 6.26 Å². The summed E-state index contributed by atoms with van der Waals surface area (Å²) >= 11 is 0. The second-order valence-electron chi connectivity index (χ2n) is 4.62. The Morgan fingerprint density at radius 2 is 2.09 bits per heavy atom. The first-order valence-electron chi connectivity index (χ1n) is 6.48. The zero-order valence-electron chi connectivity index (χ0n) is 12.5. The van der Waals surface area contributed by atoms with Crippen LogP contribution in [0.1, 0.15) is 16.8 Å². The van der Waals surface area contributed by atoms with Crippen LogP contribution in [-0.4, -0.2) is 46.8 Å². The van der Waals surface area contributed by atoms with E-state index in [4.69, 9.17) is 15.9 Å². The monoisotopic (exact) mass is 328 g/mol. The van der Waals surface area contributed by atoms with Crippen molar-refractivity contribution in [2.75, 3.05) is 31.8 Å². The fourth-order valence-corrected chi connectivity index (χ4v) is 2.63. The molecule has 0 aliphatic heterocycles. The number of amides is 1. The largest absolute Gasteiger partial charge is 0.385 e. The summed E-state index contributed by atoms with van der Waals surface area (Å²) in [6, 6.07) is 4.23. The molecule has 0 heterocycles. The highest BCUT2D eigenvalue weighted by atomic mass is 32.2. The van der Waals surface area contributed by atoms with Crippen molar-refractivity contribution in [1.29, 1.82) is 5.41 Å². The summed E-state index contributed by atoms with van der Waals surface area (Å²) in [4.78, 5) is 11.8. The van der Waals surface area contributed by atoms with Gasteiger partial charge in [-0.05, 0) is 24.6 Å². The van der Waals surface area contributed by atoms with Crippen molar-refractivity contribution in [3.8, 4) is 0 Å². The number of nitrogens with one attached hydrogen (secondary N) is 3. The lowest BCUT2D eigenvalue weighted by Crippen LogP contribution is -2.35. The molecular weight excluding hydrogens is 308 g/mol. The van der Waals surface area contributed by atoms with Gasteiger partial charge in [0.25, 0.3) is 5.91 Å². The van der Waals surface area contributed by atoms with Gasteiger partial charge in [-0.25, -0.2) is 8.42 Å². The van der Waals surface area contributed by atoms with Crippen molar-refractivity contribution in [3.63, 3.8) is 0 Å². The summed E-state index contributed by atoms with van der Waals surface area (Å²) < 4.78 is 28.7. The van der Waals surface area contributed by atoms with Crippen LogP contribution in [0.15, 0.2) is 23.1 Å². The van der Waals surface area contributed by atoms with Gasteiger partial charge in [0.2, 0.25) is 0 Å². The number of nitrogens with two attached hydrogens (primary N) is 1. The van der Waals surface area contributed by atoms with Crippen molar-refractivity contribution in [3.05, 3.63) is 23.8 Å². The van der Waals surface area contributed by atoms with Gasteiger partial charge >= 0.3 is 0 Å².